The summed E-state index contributed by atoms with van der Waals surface area (Å²) in [5.41, 5.74) is 2.11. The molecule has 2 aromatic carbocycles. The van der Waals surface area contributed by atoms with Gasteiger partial charge in [0.15, 0.2) is 0 Å². The summed E-state index contributed by atoms with van der Waals surface area (Å²) in [6.07, 6.45) is 4.42. The molecule has 0 unspecified atom stereocenters. The number of rotatable bonds is 5. The smallest absolute Gasteiger partial charge is 0.240 e. The van der Waals surface area contributed by atoms with Gasteiger partial charge >= 0.3 is 0 Å². The van der Waals surface area contributed by atoms with E-state index in [1.807, 2.05) is 42.5 Å². The molecule has 132 valence electrons. The third-order valence-electron chi connectivity index (χ3n) is 5.19. The number of nitrogens with zero attached hydrogens (tertiary/aromatic N) is 1. The predicted molar refractivity (Wildman–Crippen MR) is 99.8 cm³/mol. The van der Waals surface area contributed by atoms with Crippen molar-refractivity contribution in [1.82, 2.24) is 9.62 Å². The van der Waals surface area contributed by atoms with E-state index in [2.05, 4.69) is 9.62 Å². The molecule has 1 aliphatic heterocycles. The van der Waals surface area contributed by atoms with Crippen LogP contribution in [0.25, 0.3) is 11.1 Å². The summed E-state index contributed by atoms with van der Waals surface area (Å²) in [7, 11) is -3.45. The van der Waals surface area contributed by atoms with Gasteiger partial charge < -0.3 is 4.90 Å². The summed E-state index contributed by atoms with van der Waals surface area (Å²) in [4.78, 5) is 2.84. The van der Waals surface area contributed by atoms with Crippen molar-refractivity contribution >= 4 is 10.0 Å². The van der Waals surface area contributed by atoms with E-state index < -0.39 is 10.0 Å². The predicted octanol–water partition coefficient (Wildman–Crippen LogP) is 3.26. The van der Waals surface area contributed by atoms with Crippen LogP contribution in [0.2, 0.25) is 0 Å². The highest BCUT2D eigenvalue weighted by molar-refractivity contribution is 7.89. The van der Waals surface area contributed by atoms with Crippen LogP contribution in [0.5, 0.6) is 0 Å². The molecule has 1 N–H and O–H groups in total. The van der Waals surface area contributed by atoms with Gasteiger partial charge in [0.1, 0.15) is 0 Å². The van der Waals surface area contributed by atoms with Gasteiger partial charge in [0.05, 0.1) is 4.90 Å². The van der Waals surface area contributed by atoms with Gasteiger partial charge in [0.25, 0.3) is 0 Å². The number of sulfonamides is 1. The van der Waals surface area contributed by atoms with Crippen LogP contribution in [0.15, 0.2) is 59.5 Å². The van der Waals surface area contributed by atoms with Gasteiger partial charge in [-0.15, -0.1) is 0 Å². The Balaban J connectivity index is 1.41. The second kappa shape index (κ2) is 6.90. The Kier molecular flexibility index (Phi) is 4.63. The van der Waals surface area contributed by atoms with Gasteiger partial charge in [-0.25, -0.2) is 13.1 Å². The molecule has 0 aromatic heterocycles. The Morgan fingerprint density at radius 1 is 0.800 bits per heavy atom. The summed E-state index contributed by atoms with van der Waals surface area (Å²) >= 11 is 0. The Morgan fingerprint density at radius 2 is 1.40 bits per heavy atom. The molecule has 4 nitrogen and oxygen atoms in total. The Hall–Kier alpha value is -1.69. The van der Waals surface area contributed by atoms with Crippen LogP contribution in [0.4, 0.5) is 0 Å². The lowest BCUT2D eigenvalue weighted by Crippen LogP contribution is -2.45. The lowest BCUT2D eigenvalue weighted by molar-refractivity contribution is 0.199. The van der Waals surface area contributed by atoms with Crippen LogP contribution in [-0.2, 0) is 10.0 Å². The fraction of sp³-hybridized carbons (Fsp3) is 0.400. The molecule has 2 fully saturated rings. The summed E-state index contributed by atoms with van der Waals surface area (Å²) in [6.45, 7) is 2.01. The second-order valence-corrected chi connectivity index (χ2v) is 8.77. The number of nitrogens with one attached hydrogen (secondary N) is 1. The summed E-state index contributed by atoms with van der Waals surface area (Å²) < 4.78 is 28.2. The number of hydrogen-bond acceptors (Lipinski definition) is 3. The average Bonchev–Trinajstić information content (AvgIpc) is 3.48. The Labute approximate surface area is 149 Å². The number of piperidine rings is 1. The van der Waals surface area contributed by atoms with E-state index in [9.17, 15) is 8.42 Å². The average molecular weight is 356 g/mol. The van der Waals surface area contributed by atoms with Crippen LogP contribution in [0.3, 0.4) is 0 Å². The minimum Gasteiger partial charge on any atom is -0.300 e. The molecular weight excluding hydrogens is 332 g/mol. The molecule has 25 heavy (non-hydrogen) atoms. The van der Waals surface area contributed by atoms with Gasteiger partial charge in [0, 0.05) is 12.1 Å². The maximum absolute atomic E-state index is 12.7. The first-order valence-corrected chi connectivity index (χ1v) is 10.5. The molecule has 1 saturated carbocycles. The van der Waals surface area contributed by atoms with Gasteiger partial charge in [-0.3, -0.25) is 0 Å². The maximum atomic E-state index is 12.7. The van der Waals surface area contributed by atoms with E-state index in [0.717, 1.165) is 43.1 Å². The van der Waals surface area contributed by atoms with Gasteiger partial charge in [-0.05, 0) is 62.0 Å². The molecule has 5 heteroatoms. The molecule has 2 aliphatic rings. The van der Waals surface area contributed by atoms with Crippen molar-refractivity contribution < 1.29 is 8.42 Å². The minimum absolute atomic E-state index is 0.0498. The molecule has 4 rings (SSSR count). The zero-order valence-electron chi connectivity index (χ0n) is 14.3. The second-order valence-electron chi connectivity index (χ2n) is 7.05. The highest BCUT2D eigenvalue weighted by Gasteiger charge is 2.32. The molecule has 0 amide bonds. The topological polar surface area (TPSA) is 49.4 Å². The highest BCUT2D eigenvalue weighted by Crippen LogP contribution is 2.29. The first-order chi connectivity index (χ1) is 12.1. The lowest BCUT2D eigenvalue weighted by Gasteiger charge is -2.32. The van der Waals surface area contributed by atoms with Crippen LogP contribution >= 0.6 is 0 Å². The van der Waals surface area contributed by atoms with E-state index in [4.69, 9.17) is 0 Å². The quantitative estimate of drug-likeness (QED) is 0.895. The zero-order chi connectivity index (χ0) is 17.3. The monoisotopic (exact) mass is 356 g/mol. The number of likely N-dealkylation sites (tertiary alicyclic amines) is 1. The molecular formula is C20H24N2O2S. The van der Waals surface area contributed by atoms with Crippen LogP contribution in [0.1, 0.15) is 25.7 Å². The van der Waals surface area contributed by atoms with Crippen molar-refractivity contribution in [2.45, 2.75) is 42.7 Å². The Morgan fingerprint density at radius 3 is 2.00 bits per heavy atom. The molecule has 1 aliphatic carbocycles. The van der Waals surface area contributed by atoms with E-state index >= 15 is 0 Å². The summed E-state index contributed by atoms with van der Waals surface area (Å²) in [5, 5.41) is 0. The first kappa shape index (κ1) is 16.8. The molecule has 1 heterocycles. The van der Waals surface area contributed by atoms with E-state index in [1.165, 1.54) is 12.8 Å². The van der Waals surface area contributed by atoms with Gasteiger partial charge in [0.2, 0.25) is 10.0 Å². The van der Waals surface area contributed by atoms with E-state index in [0.29, 0.717) is 4.90 Å². The minimum atomic E-state index is -3.45. The summed E-state index contributed by atoms with van der Waals surface area (Å²) in [5.74, 6) is 0. The van der Waals surface area contributed by atoms with Crippen molar-refractivity contribution in [2.75, 3.05) is 13.1 Å². The SMILES string of the molecule is O=S(=O)(NC1CCN(C2CC2)CC1)c1ccc(-c2ccccc2)cc1. The third kappa shape index (κ3) is 3.94. The van der Waals surface area contributed by atoms with Crippen molar-refractivity contribution in [2.24, 2.45) is 0 Å². The standard InChI is InChI=1S/C20H24N2O2S/c23-25(24,21-18-12-14-22(15-13-18)19-8-9-19)20-10-6-17(7-11-20)16-4-2-1-3-5-16/h1-7,10-11,18-19,21H,8-9,12-15H2. The van der Waals surface area contributed by atoms with Crippen LogP contribution < -0.4 is 4.72 Å². The zero-order valence-corrected chi connectivity index (χ0v) is 15.1. The largest absolute Gasteiger partial charge is 0.300 e. The van der Waals surface area contributed by atoms with Crippen molar-refractivity contribution in [3.05, 3.63) is 54.6 Å². The van der Waals surface area contributed by atoms with E-state index in [1.54, 1.807) is 12.1 Å². The number of benzene rings is 2. The normalized spacial score (nSPS) is 19.8. The number of hydrogen-bond donors (Lipinski definition) is 1. The maximum Gasteiger partial charge on any atom is 0.240 e. The van der Waals surface area contributed by atoms with Gasteiger partial charge in [-0.1, -0.05) is 42.5 Å². The Bertz CT molecular complexity index is 807. The summed E-state index contributed by atoms with van der Waals surface area (Å²) in [6, 6.07) is 17.9. The van der Waals surface area contributed by atoms with E-state index in [-0.39, 0.29) is 6.04 Å². The van der Waals surface area contributed by atoms with Crippen LogP contribution in [-0.4, -0.2) is 38.5 Å². The molecule has 1 saturated heterocycles. The third-order valence-corrected chi connectivity index (χ3v) is 6.72. The van der Waals surface area contributed by atoms with Crippen molar-refractivity contribution in [1.29, 1.82) is 0 Å². The lowest BCUT2D eigenvalue weighted by atomic mass is 10.1. The van der Waals surface area contributed by atoms with Crippen molar-refractivity contribution in [3.63, 3.8) is 0 Å². The molecule has 0 atom stereocenters. The fourth-order valence-electron chi connectivity index (χ4n) is 3.57. The first-order valence-electron chi connectivity index (χ1n) is 9.04. The fourth-order valence-corrected chi connectivity index (χ4v) is 4.87. The molecule has 2 aromatic rings. The van der Waals surface area contributed by atoms with Crippen molar-refractivity contribution in [3.8, 4) is 11.1 Å². The molecule has 0 radical (unpaired) electrons. The highest BCUT2D eigenvalue weighted by atomic mass is 32.2. The van der Waals surface area contributed by atoms with Gasteiger partial charge in [-0.2, -0.15) is 0 Å². The molecule has 0 spiro atoms. The molecule has 0 bridgehead atoms. The van der Waals surface area contributed by atoms with Crippen LogP contribution in [0, 0.1) is 0 Å².